The van der Waals surface area contributed by atoms with Crippen LogP contribution in [-0.2, 0) is 0 Å². The van der Waals surface area contributed by atoms with E-state index >= 15 is 0 Å². The van der Waals surface area contributed by atoms with Gasteiger partial charge >= 0.3 is 12.1 Å². The second kappa shape index (κ2) is 7.77. The zero-order valence-electron chi connectivity index (χ0n) is 12.7. The third-order valence-electron chi connectivity index (χ3n) is 3.26. The molecule has 114 valence electrons. The number of hydrogen-bond donors (Lipinski definition) is 2. The molecule has 2 N–H and O–H groups in total. The van der Waals surface area contributed by atoms with Crippen LogP contribution in [0.25, 0.3) is 0 Å². The van der Waals surface area contributed by atoms with Crippen molar-refractivity contribution in [1.82, 2.24) is 20.4 Å². The van der Waals surface area contributed by atoms with E-state index in [0.717, 1.165) is 12.0 Å². The van der Waals surface area contributed by atoms with E-state index < -0.39 is 0 Å². The summed E-state index contributed by atoms with van der Waals surface area (Å²) in [6.07, 6.45) is 0.799. The van der Waals surface area contributed by atoms with Crippen molar-refractivity contribution in [3.63, 3.8) is 0 Å². The van der Waals surface area contributed by atoms with E-state index in [-0.39, 0.29) is 18.1 Å². The number of carbonyl (C=O) groups is 2. The summed E-state index contributed by atoms with van der Waals surface area (Å²) in [5.41, 5.74) is 0.956. The molecule has 1 fully saturated rings. The number of nitrogens with zero attached hydrogens (tertiary/aromatic N) is 2. The maximum Gasteiger partial charge on any atom is 0.317 e. The first-order valence-corrected chi connectivity index (χ1v) is 7.20. The predicted molar refractivity (Wildman–Crippen MR) is 79.6 cm³/mol. The summed E-state index contributed by atoms with van der Waals surface area (Å²) in [4.78, 5) is 27.3. The SMILES string of the molecule is C=C(C)CN(CC)C(=O)N[C@H]1CCN(C(=O)NCC)C1. The Kier molecular flexibility index (Phi) is 6.35. The van der Waals surface area contributed by atoms with E-state index in [9.17, 15) is 9.59 Å². The Labute approximate surface area is 121 Å². The highest BCUT2D eigenvalue weighted by molar-refractivity contribution is 5.76. The molecule has 0 aromatic heterocycles. The number of rotatable bonds is 5. The minimum absolute atomic E-state index is 0.0317. The van der Waals surface area contributed by atoms with Crippen LogP contribution < -0.4 is 10.6 Å². The number of amides is 4. The van der Waals surface area contributed by atoms with Crippen molar-refractivity contribution in [2.24, 2.45) is 0 Å². The average molecular weight is 282 g/mol. The van der Waals surface area contributed by atoms with Gasteiger partial charge in [-0.15, -0.1) is 0 Å². The minimum atomic E-state index is -0.0850. The monoisotopic (exact) mass is 282 g/mol. The zero-order valence-corrected chi connectivity index (χ0v) is 12.7. The first-order chi connectivity index (χ1) is 9.47. The molecule has 0 unspecified atom stereocenters. The highest BCUT2D eigenvalue weighted by atomic mass is 16.2. The molecule has 0 radical (unpaired) electrons. The smallest absolute Gasteiger partial charge is 0.317 e. The van der Waals surface area contributed by atoms with Crippen LogP contribution in [0.3, 0.4) is 0 Å². The first kappa shape index (κ1) is 16.3. The molecule has 0 saturated carbocycles. The third-order valence-corrected chi connectivity index (χ3v) is 3.26. The molecule has 20 heavy (non-hydrogen) atoms. The van der Waals surface area contributed by atoms with Gasteiger partial charge in [0.05, 0.1) is 0 Å². The van der Waals surface area contributed by atoms with Crippen molar-refractivity contribution in [3.05, 3.63) is 12.2 Å². The Hall–Kier alpha value is -1.72. The maximum absolute atomic E-state index is 12.1. The molecule has 0 bridgehead atoms. The summed E-state index contributed by atoms with van der Waals surface area (Å²) in [6, 6.07) is -0.110. The lowest BCUT2D eigenvalue weighted by Gasteiger charge is -2.24. The Balaban J connectivity index is 2.43. The molecule has 4 amide bonds. The van der Waals surface area contributed by atoms with Crippen molar-refractivity contribution in [2.75, 3.05) is 32.7 Å². The fourth-order valence-electron chi connectivity index (χ4n) is 2.24. The standard InChI is InChI=1S/C14H26N4O2/c1-5-15-13(19)18-8-7-12(10-18)16-14(20)17(6-2)9-11(3)4/h12H,3,5-10H2,1-2,4H3,(H,15,19)(H,16,20)/t12-/m0/s1. The minimum Gasteiger partial charge on any atom is -0.338 e. The number of carbonyl (C=O) groups excluding carboxylic acids is 2. The van der Waals surface area contributed by atoms with E-state index in [4.69, 9.17) is 0 Å². The molecule has 1 saturated heterocycles. The Bertz CT molecular complexity index is 370. The van der Waals surface area contributed by atoms with Gasteiger partial charge in [-0.1, -0.05) is 12.2 Å². The Morgan fingerprint density at radius 1 is 1.40 bits per heavy atom. The van der Waals surface area contributed by atoms with Crippen LogP contribution >= 0.6 is 0 Å². The second-order valence-electron chi connectivity index (χ2n) is 5.19. The van der Waals surface area contributed by atoms with Gasteiger partial charge in [0.2, 0.25) is 0 Å². The van der Waals surface area contributed by atoms with E-state index in [1.807, 2.05) is 20.8 Å². The summed E-state index contributed by atoms with van der Waals surface area (Å²) >= 11 is 0. The van der Waals surface area contributed by atoms with Crippen molar-refractivity contribution in [1.29, 1.82) is 0 Å². The van der Waals surface area contributed by atoms with Gasteiger partial charge in [-0.25, -0.2) is 9.59 Å². The van der Waals surface area contributed by atoms with Gasteiger partial charge in [-0.2, -0.15) is 0 Å². The fourth-order valence-corrected chi connectivity index (χ4v) is 2.24. The highest BCUT2D eigenvalue weighted by Crippen LogP contribution is 2.10. The summed E-state index contributed by atoms with van der Waals surface area (Å²) < 4.78 is 0. The van der Waals surface area contributed by atoms with Crippen molar-refractivity contribution in [3.8, 4) is 0 Å². The topological polar surface area (TPSA) is 64.7 Å². The summed E-state index contributed by atoms with van der Waals surface area (Å²) in [6.45, 7) is 12.7. The van der Waals surface area contributed by atoms with Gasteiger partial charge in [0.1, 0.15) is 0 Å². The van der Waals surface area contributed by atoms with Gasteiger partial charge < -0.3 is 20.4 Å². The van der Waals surface area contributed by atoms with Crippen LogP contribution in [0.15, 0.2) is 12.2 Å². The normalized spacial score (nSPS) is 17.8. The lowest BCUT2D eigenvalue weighted by atomic mass is 10.2. The molecule has 0 spiro atoms. The number of likely N-dealkylation sites (N-methyl/N-ethyl adjacent to an activating group) is 1. The van der Waals surface area contributed by atoms with Crippen molar-refractivity contribution >= 4 is 12.1 Å². The van der Waals surface area contributed by atoms with Crippen LogP contribution in [-0.4, -0.2) is 60.6 Å². The Morgan fingerprint density at radius 2 is 2.10 bits per heavy atom. The lowest BCUT2D eigenvalue weighted by Crippen LogP contribution is -2.47. The van der Waals surface area contributed by atoms with Crippen molar-refractivity contribution in [2.45, 2.75) is 33.2 Å². The van der Waals surface area contributed by atoms with Crippen LogP contribution in [0.2, 0.25) is 0 Å². The molecule has 1 aliphatic heterocycles. The van der Waals surface area contributed by atoms with Crippen LogP contribution in [0.1, 0.15) is 27.2 Å². The lowest BCUT2D eigenvalue weighted by molar-refractivity contribution is 0.197. The molecule has 1 heterocycles. The molecule has 0 aromatic rings. The molecule has 0 aliphatic carbocycles. The van der Waals surface area contributed by atoms with Gasteiger partial charge in [0, 0.05) is 38.8 Å². The van der Waals surface area contributed by atoms with E-state index in [2.05, 4.69) is 17.2 Å². The second-order valence-corrected chi connectivity index (χ2v) is 5.19. The Morgan fingerprint density at radius 3 is 2.65 bits per heavy atom. The quantitative estimate of drug-likeness (QED) is 0.749. The van der Waals surface area contributed by atoms with Crippen LogP contribution in [0.4, 0.5) is 9.59 Å². The maximum atomic E-state index is 12.1. The molecule has 6 nitrogen and oxygen atoms in total. The van der Waals surface area contributed by atoms with Gasteiger partial charge in [-0.05, 0) is 27.2 Å². The summed E-state index contributed by atoms with van der Waals surface area (Å²) in [5.74, 6) is 0. The molecule has 0 aromatic carbocycles. The molecule has 6 heteroatoms. The average Bonchev–Trinajstić information content (AvgIpc) is 2.84. The van der Waals surface area contributed by atoms with E-state index in [1.165, 1.54) is 0 Å². The molecule has 1 atom stereocenters. The first-order valence-electron chi connectivity index (χ1n) is 7.20. The number of hydrogen-bond acceptors (Lipinski definition) is 2. The molecule has 1 aliphatic rings. The van der Waals surface area contributed by atoms with Crippen LogP contribution in [0.5, 0.6) is 0 Å². The highest BCUT2D eigenvalue weighted by Gasteiger charge is 2.27. The van der Waals surface area contributed by atoms with Gasteiger partial charge in [0.25, 0.3) is 0 Å². The largest absolute Gasteiger partial charge is 0.338 e. The van der Waals surface area contributed by atoms with Crippen LogP contribution in [0, 0.1) is 0 Å². The van der Waals surface area contributed by atoms with E-state index in [1.54, 1.807) is 9.80 Å². The zero-order chi connectivity index (χ0) is 15.1. The number of urea groups is 2. The molecule has 1 rings (SSSR count). The third kappa shape index (κ3) is 4.75. The van der Waals surface area contributed by atoms with Gasteiger partial charge in [-0.3, -0.25) is 0 Å². The van der Waals surface area contributed by atoms with Crippen molar-refractivity contribution < 1.29 is 9.59 Å². The number of likely N-dealkylation sites (tertiary alicyclic amines) is 1. The predicted octanol–water partition coefficient (Wildman–Crippen LogP) is 1.40. The number of nitrogens with one attached hydrogen (secondary N) is 2. The molecular formula is C14H26N4O2. The fraction of sp³-hybridized carbons (Fsp3) is 0.714. The van der Waals surface area contributed by atoms with Gasteiger partial charge in [0.15, 0.2) is 0 Å². The van der Waals surface area contributed by atoms with E-state index in [0.29, 0.717) is 32.7 Å². The molecular weight excluding hydrogens is 256 g/mol. The summed E-state index contributed by atoms with van der Waals surface area (Å²) in [7, 11) is 0. The summed E-state index contributed by atoms with van der Waals surface area (Å²) in [5, 5.41) is 5.76.